The van der Waals surface area contributed by atoms with Gasteiger partial charge in [-0.05, 0) is 102 Å². The second-order valence-corrected chi connectivity index (χ2v) is 23.3. The Balaban J connectivity index is 2.16. The first-order valence-corrected chi connectivity index (χ1v) is 20.0. The minimum Gasteiger partial charge on any atom is -0.550 e. The molecule has 0 radical (unpaired) electrons. The van der Waals surface area contributed by atoms with E-state index in [1.807, 2.05) is 18.2 Å². The molecule has 0 aromatic heterocycles. The van der Waals surface area contributed by atoms with Crippen molar-refractivity contribution in [3.05, 3.63) is 64.7 Å². The number of hydrogen-bond acceptors (Lipinski definition) is 5. The lowest BCUT2D eigenvalue weighted by molar-refractivity contribution is -0.305. The highest BCUT2D eigenvalue weighted by molar-refractivity contribution is 6.74. The normalized spacial score (nSPS) is 13.0. The molecule has 7 heteroatoms. The Labute approximate surface area is 239 Å². The van der Waals surface area contributed by atoms with Crippen LogP contribution in [0.3, 0.4) is 0 Å². The Morgan fingerprint density at radius 3 is 1.90 bits per heavy atom. The molecule has 2 rings (SSSR count). The predicted octanol–water partition coefficient (Wildman–Crippen LogP) is 7.77. The maximum atomic E-state index is 10.6. The number of rotatable bonds is 14. The van der Waals surface area contributed by atoms with Crippen molar-refractivity contribution < 1.29 is 23.5 Å². The van der Waals surface area contributed by atoms with Crippen molar-refractivity contribution >= 4 is 22.6 Å². The predicted molar refractivity (Wildman–Crippen MR) is 164 cm³/mol. The summed E-state index contributed by atoms with van der Waals surface area (Å²) >= 11 is 0. The molecule has 0 spiro atoms. The highest BCUT2D eigenvalue weighted by Gasteiger charge is 2.38. The lowest BCUT2D eigenvalue weighted by Crippen LogP contribution is -2.41. The molecule has 0 unspecified atom stereocenters. The third-order valence-electron chi connectivity index (χ3n) is 8.46. The fourth-order valence-electron chi connectivity index (χ4n) is 3.55. The van der Waals surface area contributed by atoms with E-state index in [1.54, 1.807) is 0 Å². The van der Waals surface area contributed by atoms with E-state index >= 15 is 0 Å². The molecule has 0 bridgehead atoms. The molecule has 39 heavy (non-hydrogen) atoms. The van der Waals surface area contributed by atoms with Crippen LogP contribution in [0.5, 0.6) is 5.75 Å². The number of aliphatic carboxylic acids is 1. The van der Waals surface area contributed by atoms with E-state index in [-0.39, 0.29) is 16.5 Å². The number of aryl methyl sites for hydroxylation is 1. The van der Waals surface area contributed by atoms with Gasteiger partial charge in [0, 0.05) is 5.97 Å². The van der Waals surface area contributed by atoms with E-state index < -0.39 is 22.6 Å². The van der Waals surface area contributed by atoms with Gasteiger partial charge in [0.05, 0.1) is 13.2 Å². The van der Waals surface area contributed by atoms with Gasteiger partial charge in [0.25, 0.3) is 0 Å². The van der Waals surface area contributed by atoms with Crippen molar-refractivity contribution in [2.45, 2.75) is 123 Å². The highest BCUT2D eigenvalue weighted by atomic mass is 28.4. The lowest BCUT2D eigenvalue weighted by Gasteiger charge is -2.37. The van der Waals surface area contributed by atoms with Crippen LogP contribution in [0.25, 0.3) is 0 Å². The Kier molecular flexibility index (Phi) is 11.6. The Morgan fingerprint density at radius 2 is 1.33 bits per heavy atom. The number of benzene rings is 2. The standard InChI is InChI=1S/C32H52O5Si2/c1-31(2,3)38(7,8)36-23-27-19-18-26(20-28(27)24-37-39(9,10)32(4,5)6)22-35-29-16-13-15-25(21-29)14-11-12-17-30(33)34/h13,15-16,18-21H,11-12,14,17,22-24H2,1-10H3,(H,33,34)/p-1. The molecule has 0 aliphatic rings. The highest BCUT2D eigenvalue weighted by Crippen LogP contribution is 2.39. The van der Waals surface area contributed by atoms with Crippen LogP contribution in [0.2, 0.25) is 36.3 Å². The summed E-state index contributed by atoms with van der Waals surface area (Å²) in [5.74, 6) is -0.171. The van der Waals surface area contributed by atoms with Gasteiger partial charge < -0.3 is 23.5 Å². The molecular formula is C32H51O5Si2-. The second-order valence-electron chi connectivity index (χ2n) is 13.7. The van der Waals surface area contributed by atoms with Crippen LogP contribution in [0.1, 0.15) is 83.1 Å². The molecule has 0 atom stereocenters. The van der Waals surface area contributed by atoms with Crippen LogP contribution in [-0.2, 0) is 39.9 Å². The summed E-state index contributed by atoms with van der Waals surface area (Å²) in [6.07, 6.45) is 2.36. The molecule has 0 aliphatic carbocycles. The van der Waals surface area contributed by atoms with Gasteiger partial charge in [0.15, 0.2) is 16.6 Å². The molecule has 2 aromatic rings. The Morgan fingerprint density at radius 1 is 0.744 bits per heavy atom. The van der Waals surface area contributed by atoms with Crippen LogP contribution in [0, 0.1) is 0 Å². The summed E-state index contributed by atoms with van der Waals surface area (Å²) in [7, 11) is -3.80. The van der Waals surface area contributed by atoms with E-state index in [1.165, 1.54) is 11.1 Å². The van der Waals surface area contributed by atoms with Gasteiger partial charge in [-0.3, -0.25) is 0 Å². The molecule has 0 saturated carbocycles. The molecule has 5 nitrogen and oxygen atoms in total. The number of carboxylic acids is 1. The van der Waals surface area contributed by atoms with Crippen LogP contribution < -0.4 is 9.84 Å². The van der Waals surface area contributed by atoms with Crippen molar-refractivity contribution in [3.63, 3.8) is 0 Å². The zero-order chi connectivity index (χ0) is 29.5. The van der Waals surface area contributed by atoms with E-state index in [4.69, 9.17) is 13.6 Å². The summed E-state index contributed by atoms with van der Waals surface area (Å²) in [5.41, 5.74) is 4.59. The van der Waals surface area contributed by atoms with Crippen LogP contribution in [0.15, 0.2) is 42.5 Å². The third kappa shape index (κ3) is 10.5. The summed E-state index contributed by atoms with van der Waals surface area (Å²) in [5, 5.41) is 10.9. The number of ether oxygens (including phenoxy) is 1. The van der Waals surface area contributed by atoms with Crippen LogP contribution >= 0.6 is 0 Å². The molecule has 0 heterocycles. The Bertz CT molecular complexity index is 1080. The van der Waals surface area contributed by atoms with E-state index in [0.29, 0.717) is 26.2 Å². The van der Waals surface area contributed by atoms with Gasteiger partial charge in [0.1, 0.15) is 12.4 Å². The summed E-state index contributed by atoms with van der Waals surface area (Å²) in [4.78, 5) is 10.6. The molecule has 0 N–H and O–H groups in total. The average molecular weight is 572 g/mol. The zero-order valence-corrected chi connectivity index (χ0v) is 28.0. The average Bonchev–Trinajstić information content (AvgIpc) is 2.82. The third-order valence-corrected chi connectivity index (χ3v) is 17.4. The van der Waals surface area contributed by atoms with Crippen molar-refractivity contribution in [2.24, 2.45) is 0 Å². The molecule has 2 aromatic carbocycles. The largest absolute Gasteiger partial charge is 0.550 e. The first-order chi connectivity index (χ1) is 17.9. The SMILES string of the molecule is CC(C)(C)[Si](C)(C)OCc1ccc(COc2cccc(CCCCC(=O)[O-])c2)cc1CO[Si](C)(C)C(C)(C)C. The van der Waals surface area contributed by atoms with E-state index in [9.17, 15) is 9.90 Å². The van der Waals surface area contributed by atoms with Gasteiger partial charge in [0.2, 0.25) is 0 Å². The maximum Gasteiger partial charge on any atom is 0.192 e. The number of carboxylic acid groups (broad SMARTS) is 1. The summed E-state index contributed by atoms with van der Waals surface area (Å²) < 4.78 is 19.4. The first kappa shape index (κ1) is 33.3. The van der Waals surface area contributed by atoms with Crippen molar-refractivity contribution in [2.75, 3.05) is 0 Å². The minimum absolute atomic E-state index is 0.106. The molecule has 0 amide bonds. The number of hydrogen-bond donors (Lipinski definition) is 0. The van der Waals surface area contributed by atoms with Gasteiger partial charge in [-0.25, -0.2) is 0 Å². The smallest absolute Gasteiger partial charge is 0.192 e. The van der Waals surface area contributed by atoms with Crippen LogP contribution in [0.4, 0.5) is 0 Å². The lowest BCUT2D eigenvalue weighted by atomic mass is 10.1. The summed E-state index contributed by atoms with van der Waals surface area (Å²) in [6.45, 7) is 24.4. The monoisotopic (exact) mass is 571 g/mol. The number of unbranched alkanes of at least 4 members (excludes halogenated alkanes) is 1. The van der Waals surface area contributed by atoms with E-state index in [0.717, 1.165) is 29.7 Å². The molecule has 0 aliphatic heterocycles. The van der Waals surface area contributed by atoms with Gasteiger partial charge in [-0.1, -0.05) is 65.8 Å². The molecule has 218 valence electrons. The summed E-state index contributed by atoms with van der Waals surface area (Å²) in [6, 6.07) is 14.6. The van der Waals surface area contributed by atoms with Crippen LogP contribution in [-0.4, -0.2) is 22.6 Å². The van der Waals surface area contributed by atoms with Gasteiger partial charge >= 0.3 is 0 Å². The van der Waals surface area contributed by atoms with Crippen molar-refractivity contribution in [1.29, 1.82) is 0 Å². The fraction of sp³-hybridized carbons (Fsp3) is 0.594. The molecule has 0 fully saturated rings. The topological polar surface area (TPSA) is 67.8 Å². The first-order valence-electron chi connectivity index (χ1n) is 14.2. The van der Waals surface area contributed by atoms with E-state index in [2.05, 4.69) is 92.0 Å². The second kappa shape index (κ2) is 13.6. The number of carbonyl (C=O) groups excluding carboxylic acids is 1. The minimum atomic E-state index is -1.91. The van der Waals surface area contributed by atoms with Crippen molar-refractivity contribution in [3.8, 4) is 5.75 Å². The Hall–Kier alpha value is -1.94. The maximum absolute atomic E-state index is 10.6. The molecular weight excluding hydrogens is 521 g/mol. The number of carbonyl (C=O) groups is 1. The molecule has 0 saturated heterocycles. The fourth-order valence-corrected chi connectivity index (χ4v) is 5.45. The van der Waals surface area contributed by atoms with Gasteiger partial charge in [-0.15, -0.1) is 0 Å². The van der Waals surface area contributed by atoms with Crippen molar-refractivity contribution in [1.82, 2.24) is 0 Å². The quantitative estimate of drug-likeness (QED) is 0.171. The van der Waals surface area contributed by atoms with Gasteiger partial charge in [-0.2, -0.15) is 0 Å². The zero-order valence-electron chi connectivity index (χ0n) is 26.0.